The molecule has 114 valence electrons. The first-order valence-electron chi connectivity index (χ1n) is 5.86. The SMILES string of the molecule is O=C(Nc1ccc(C(F)(F)F)cc1[N+](=O)[O-])c1ccncc1. The Bertz CT molecular complexity index is 717. The molecule has 1 heterocycles. The van der Waals surface area contributed by atoms with E-state index in [1.807, 2.05) is 0 Å². The zero-order valence-corrected chi connectivity index (χ0v) is 10.8. The minimum atomic E-state index is -4.71. The molecular formula is C13H8F3N3O3. The van der Waals surface area contributed by atoms with Crippen LogP contribution in [0, 0.1) is 10.1 Å². The molecule has 0 saturated heterocycles. The number of rotatable bonds is 3. The van der Waals surface area contributed by atoms with E-state index in [0.29, 0.717) is 12.1 Å². The van der Waals surface area contributed by atoms with Gasteiger partial charge in [0.15, 0.2) is 0 Å². The molecular weight excluding hydrogens is 303 g/mol. The molecule has 2 aromatic rings. The Morgan fingerprint density at radius 3 is 2.36 bits per heavy atom. The molecule has 0 atom stereocenters. The molecule has 2 rings (SSSR count). The van der Waals surface area contributed by atoms with Gasteiger partial charge in [0.2, 0.25) is 0 Å². The van der Waals surface area contributed by atoms with Gasteiger partial charge in [0.05, 0.1) is 10.5 Å². The Kier molecular flexibility index (Phi) is 4.06. The zero-order valence-electron chi connectivity index (χ0n) is 10.8. The van der Waals surface area contributed by atoms with Crippen LogP contribution in [0.1, 0.15) is 15.9 Å². The first-order chi connectivity index (χ1) is 10.3. The summed E-state index contributed by atoms with van der Waals surface area (Å²) < 4.78 is 37.7. The third kappa shape index (κ3) is 3.37. The van der Waals surface area contributed by atoms with E-state index in [-0.39, 0.29) is 11.3 Å². The van der Waals surface area contributed by atoms with Gasteiger partial charge >= 0.3 is 6.18 Å². The number of nitrogens with zero attached hydrogens (tertiary/aromatic N) is 2. The Morgan fingerprint density at radius 2 is 1.82 bits per heavy atom. The summed E-state index contributed by atoms with van der Waals surface area (Å²) >= 11 is 0. The highest BCUT2D eigenvalue weighted by atomic mass is 19.4. The lowest BCUT2D eigenvalue weighted by atomic mass is 10.1. The van der Waals surface area contributed by atoms with Crippen LogP contribution in [0.15, 0.2) is 42.7 Å². The highest BCUT2D eigenvalue weighted by Gasteiger charge is 2.33. The number of carbonyl (C=O) groups is 1. The molecule has 9 heteroatoms. The number of nitrogens with one attached hydrogen (secondary N) is 1. The summed E-state index contributed by atoms with van der Waals surface area (Å²) in [7, 11) is 0. The molecule has 22 heavy (non-hydrogen) atoms. The van der Waals surface area contributed by atoms with Crippen LogP contribution in [0.4, 0.5) is 24.5 Å². The second kappa shape index (κ2) is 5.80. The van der Waals surface area contributed by atoms with Crippen molar-refractivity contribution in [1.82, 2.24) is 4.98 Å². The zero-order chi connectivity index (χ0) is 16.3. The van der Waals surface area contributed by atoms with Gasteiger partial charge in [-0.05, 0) is 24.3 Å². The molecule has 0 aliphatic rings. The van der Waals surface area contributed by atoms with E-state index in [1.54, 1.807) is 0 Å². The Labute approximate surface area is 121 Å². The molecule has 0 saturated carbocycles. The van der Waals surface area contributed by atoms with Gasteiger partial charge in [0, 0.05) is 24.0 Å². The van der Waals surface area contributed by atoms with Crippen molar-refractivity contribution in [2.24, 2.45) is 0 Å². The van der Waals surface area contributed by atoms with Gasteiger partial charge in [0.1, 0.15) is 5.69 Å². The first kappa shape index (κ1) is 15.4. The summed E-state index contributed by atoms with van der Waals surface area (Å²) in [5.41, 5.74) is -2.15. The maximum Gasteiger partial charge on any atom is 0.416 e. The maximum atomic E-state index is 12.6. The van der Waals surface area contributed by atoms with Crippen LogP contribution >= 0.6 is 0 Å². The van der Waals surface area contributed by atoms with E-state index >= 15 is 0 Å². The van der Waals surface area contributed by atoms with Crippen LogP contribution in [0.25, 0.3) is 0 Å². The van der Waals surface area contributed by atoms with Crippen molar-refractivity contribution in [2.45, 2.75) is 6.18 Å². The molecule has 0 aliphatic carbocycles. The average Bonchev–Trinajstić information content (AvgIpc) is 2.47. The molecule has 0 spiro atoms. The van der Waals surface area contributed by atoms with E-state index in [0.717, 1.165) is 6.07 Å². The highest BCUT2D eigenvalue weighted by Crippen LogP contribution is 2.35. The van der Waals surface area contributed by atoms with Crippen LogP contribution in [-0.2, 0) is 6.18 Å². The van der Waals surface area contributed by atoms with E-state index in [4.69, 9.17) is 0 Å². The molecule has 0 unspecified atom stereocenters. The highest BCUT2D eigenvalue weighted by molar-refractivity contribution is 6.05. The van der Waals surface area contributed by atoms with Crippen molar-refractivity contribution in [1.29, 1.82) is 0 Å². The minimum Gasteiger partial charge on any atom is -0.316 e. The lowest BCUT2D eigenvalue weighted by Crippen LogP contribution is -2.14. The van der Waals surface area contributed by atoms with Gasteiger partial charge < -0.3 is 5.32 Å². The smallest absolute Gasteiger partial charge is 0.316 e. The molecule has 1 aromatic heterocycles. The summed E-state index contributed by atoms with van der Waals surface area (Å²) in [5.74, 6) is -0.690. The van der Waals surface area contributed by atoms with E-state index in [9.17, 15) is 28.1 Å². The standard InChI is InChI=1S/C13H8F3N3O3/c14-13(15,16)9-1-2-10(11(7-9)19(21)22)18-12(20)8-3-5-17-6-4-8/h1-7H,(H,18,20). The number of amides is 1. The first-order valence-corrected chi connectivity index (χ1v) is 5.86. The molecule has 0 aliphatic heterocycles. The summed E-state index contributed by atoms with van der Waals surface area (Å²) in [6.45, 7) is 0. The van der Waals surface area contributed by atoms with Gasteiger partial charge in [-0.2, -0.15) is 13.2 Å². The van der Waals surface area contributed by atoms with Crippen molar-refractivity contribution in [2.75, 3.05) is 5.32 Å². The number of pyridine rings is 1. The largest absolute Gasteiger partial charge is 0.416 e. The minimum absolute atomic E-state index is 0.171. The second-order valence-electron chi connectivity index (χ2n) is 4.18. The fourth-order valence-corrected chi connectivity index (χ4v) is 1.66. The van der Waals surface area contributed by atoms with Crippen LogP contribution in [0.5, 0.6) is 0 Å². The number of nitro groups is 1. The molecule has 0 bridgehead atoms. The lowest BCUT2D eigenvalue weighted by molar-refractivity contribution is -0.384. The maximum absolute atomic E-state index is 12.6. The Hall–Kier alpha value is -2.97. The molecule has 6 nitrogen and oxygen atoms in total. The number of nitro benzene ring substituents is 1. The van der Waals surface area contributed by atoms with Gasteiger partial charge in [-0.3, -0.25) is 19.9 Å². The van der Waals surface area contributed by atoms with Crippen LogP contribution < -0.4 is 5.32 Å². The Balaban J connectivity index is 2.35. The number of benzene rings is 1. The second-order valence-corrected chi connectivity index (χ2v) is 4.18. The van der Waals surface area contributed by atoms with Crippen molar-refractivity contribution in [3.8, 4) is 0 Å². The molecule has 1 N–H and O–H groups in total. The quantitative estimate of drug-likeness (QED) is 0.696. The lowest BCUT2D eigenvalue weighted by Gasteiger charge is -2.09. The normalized spacial score (nSPS) is 11.0. The van der Waals surface area contributed by atoms with Crippen LogP contribution in [0.3, 0.4) is 0 Å². The van der Waals surface area contributed by atoms with Gasteiger partial charge in [0.25, 0.3) is 11.6 Å². The number of halogens is 3. The van der Waals surface area contributed by atoms with Gasteiger partial charge in [-0.1, -0.05) is 0 Å². The Morgan fingerprint density at radius 1 is 1.18 bits per heavy atom. The topological polar surface area (TPSA) is 85.1 Å². The summed E-state index contributed by atoms with van der Waals surface area (Å²) in [5, 5.41) is 13.1. The van der Waals surface area contributed by atoms with Crippen LogP contribution in [-0.4, -0.2) is 15.8 Å². The van der Waals surface area contributed by atoms with Crippen molar-refractivity contribution >= 4 is 17.3 Å². The third-order valence-electron chi connectivity index (χ3n) is 2.71. The third-order valence-corrected chi connectivity index (χ3v) is 2.71. The summed E-state index contributed by atoms with van der Waals surface area (Å²) in [4.78, 5) is 25.5. The monoisotopic (exact) mass is 311 g/mol. The van der Waals surface area contributed by atoms with E-state index in [1.165, 1.54) is 24.5 Å². The van der Waals surface area contributed by atoms with Gasteiger partial charge in [-0.15, -0.1) is 0 Å². The fraction of sp³-hybridized carbons (Fsp3) is 0.0769. The number of hydrogen-bond acceptors (Lipinski definition) is 4. The van der Waals surface area contributed by atoms with E-state index in [2.05, 4.69) is 10.3 Å². The molecule has 1 amide bonds. The van der Waals surface area contributed by atoms with Crippen LogP contribution in [0.2, 0.25) is 0 Å². The number of hydrogen-bond donors (Lipinski definition) is 1. The van der Waals surface area contributed by atoms with Gasteiger partial charge in [-0.25, -0.2) is 0 Å². The number of carbonyl (C=O) groups excluding carboxylic acids is 1. The molecule has 0 fully saturated rings. The summed E-state index contributed by atoms with van der Waals surface area (Å²) in [6, 6.07) is 4.62. The van der Waals surface area contributed by atoms with Crippen molar-refractivity contribution in [3.05, 3.63) is 64.0 Å². The fourth-order valence-electron chi connectivity index (χ4n) is 1.66. The number of aromatic nitrogens is 1. The predicted octanol–water partition coefficient (Wildman–Crippen LogP) is 3.26. The molecule has 0 radical (unpaired) electrons. The average molecular weight is 311 g/mol. The molecule has 1 aromatic carbocycles. The van der Waals surface area contributed by atoms with Crippen molar-refractivity contribution < 1.29 is 22.9 Å². The predicted molar refractivity (Wildman–Crippen MR) is 70.3 cm³/mol. The van der Waals surface area contributed by atoms with E-state index < -0.39 is 28.3 Å². The number of anilines is 1. The van der Waals surface area contributed by atoms with Crippen molar-refractivity contribution in [3.63, 3.8) is 0 Å². The number of alkyl halides is 3. The summed E-state index contributed by atoms with van der Waals surface area (Å²) in [6.07, 6.45) is -2.02.